The molecule has 1 aromatic heterocycles. The highest BCUT2D eigenvalue weighted by molar-refractivity contribution is 7.09. The number of amides is 1. The normalized spacial score (nSPS) is 13.5. The zero-order valence-corrected chi connectivity index (χ0v) is 21.1. The molecule has 180 valence electrons. The van der Waals surface area contributed by atoms with Crippen molar-refractivity contribution in [2.75, 3.05) is 33.9 Å². The lowest BCUT2D eigenvalue weighted by Gasteiger charge is -2.22. The molecular formula is C27H33N3O3S. The van der Waals surface area contributed by atoms with Crippen molar-refractivity contribution in [1.29, 1.82) is 0 Å². The molecule has 34 heavy (non-hydrogen) atoms. The first-order chi connectivity index (χ1) is 16.6. The molecular weight excluding hydrogens is 446 g/mol. The highest BCUT2D eigenvalue weighted by Crippen LogP contribution is 2.28. The quantitative estimate of drug-likeness (QED) is 0.412. The number of ether oxygens (including phenoxy) is 2. The van der Waals surface area contributed by atoms with Gasteiger partial charge >= 0.3 is 0 Å². The second-order valence-corrected chi connectivity index (χ2v) is 9.70. The standard InChI is InChI=1S/C27H33N3O3S/c1-20-6-8-22(9-7-20)17-29(15-12-21-10-11-24(32-2)25(16-21)33-3)18-26-28-23(19-34-26)27(31)30-13-4-5-14-30/h6-11,16,19H,4-5,12-15,17-18H2,1-3H3. The van der Waals surface area contributed by atoms with Crippen LogP contribution in [0.2, 0.25) is 0 Å². The number of thiazole rings is 1. The van der Waals surface area contributed by atoms with Gasteiger partial charge in [-0.25, -0.2) is 4.98 Å². The van der Waals surface area contributed by atoms with E-state index in [0.29, 0.717) is 12.2 Å². The summed E-state index contributed by atoms with van der Waals surface area (Å²) in [6.07, 6.45) is 3.05. The maximum absolute atomic E-state index is 12.7. The number of hydrogen-bond acceptors (Lipinski definition) is 6. The Morgan fingerprint density at radius 3 is 2.41 bits per heavy atom. The fourth-order valence-electron chi connectivity index (χ4n) is 4.24. The average Bonchev–Trinajstić information content (AvgIpc) is 3.56. The Hall–Kier alpha value is -2.90. The fraction of sp³-hybridized carbons (Fsp3) is 0.407. The van der Waals surface area contributed by atoms with E-state index in [1.807, 2.05) is 22.4 Å². The maximum atomic E-state index is 12.7. The van der Waals surface area contributed by atoms with Gasteiger partial charge in [0.05, 0.1) is 20.8 Å². The molecule has 2 heterocycles. The molecule has 6 nitrogen and oxygen atoms in total. The molecule has 0 bridgehead atoms. The third kappa shape index (κ3) is 6.15. The van der Waals surface area contributed by atoms with Crippen molar-refractivity contribution in [3.05, 3.63) is 75.2 Å². The van der Waals surface area contributed by atoms with Crippen molar-refractivity contribution in [2.24, 2.45) is 0 Å². The van der Waals surface area contributed by atoms with Crippen LogP contribution in [0.1, 0.15) is 45.0 Å². The molecule has 0 spiro atoms. The molecule has 0 atom stereocenters. The Balaban J connectivity index is 1.46. The molecule has 0 N–H and O–H groups in total. The molecule has 0 saturated carbocycles. The number of carbonyl (C=O) groups is 1. The number of nitrogens with zero attached hydrogens (tertiary/aromatic N) is 3. The van der Waals surface area contributed by atoms with E-state index in [2.05, 4.69) is 42.2 Å². The van der Waals surface area contributed by atoms with Crippen molar-refractivity contribution in [1.82, 2.24) is 14.8 Å². The van der Waals surface area contributed by atoms with Crippen molar-refractivity contribution < 1.29 is 14.3 Å². The highest BCUT2D eigenvalue weighted by atomic mass is 32.1. The van der Waals surface area contributed by atoms with Gasteiger partial charge in [-0.05, 0) is 49.4 Å². The van der Waals surface area contributed by atoms with Gasteiger partial charge in [0.15, 0.2) is 11.5 Å². The van der Waals surface area contributed by atoms with Gasteiger partial charge in [-0.3, -0.25) is 9.69 Å². The minimum absolute atomic E-state index is 0.0652. The van der Waals surface area contributed by atoms with Gasteiger partial charge in [0.1, 0.15) is 10.7 Å². The molecule has 2 aromatic carbocycles. The lowest BCUT2D eigenvalue weighted by atomic mass is 10.1. The zero-order chi connectivity index (χ0) is 23.9. The van der Waals surface area contributed by atoms with Crippen LogP contribution in [-0.2, 0) is 19.5 Å². The highest BCUT2D eigenvalue weighted by Gasteiger charge is 2.22. The summed E-state index contributed by atoms with van der Waals surface area (Å²) in [5.41, 5.74) is 4.29. The Bertz CT molecular complexity index is 1090. The van der Waals surface area contributed by atoms with Crippen LogP contribution in [-0.4, -0.2) is 54.5 Å². The lowest BCUT2D eigenvalue weighted by Crippen LogP contribution is -2.28. The summed E-state index contributed by atoms with van der Waals surface area (Å²) in [4.78, 5) is 21.7. The Labute approximate surface area is 206 Å². The summed E-state index contributed by atoms with van der Waals surface area (Å²) >= 11 is 1.57. The third-order valence-corrected chi connectivity index (χ3v) is 7.05. The number of rotatable bonds is 10. The topological polar surface area (TPSA) is 54.9 Å². The predicted molar refractivity (Wildman–Crippen MR) is 136 cm³/mol. The molecule has 0 radical (unpaired) electrons. The van der Waals surface area contributed by atoms with Gasteiger partial charge in [-0.1, -0.05) is 35.9 Å². The lowest BCUT2D eigenvalue weighted by molar-refractivity contribution is 0.0787. The summed E-state index contributed by atoms with van der Waals surface area (Å²) in [5, 5.41) is 2.89. The summed E-state index contributed by atoms with van der Waals surface area (Å²) in [6.45, 7) is 6.18. The predicted octanol–water partition coefficient (Wildman–Crippen LogP) is 4.95. The Morgan fingerprint density at radius 2 is 1.71 bits per heavy atom. The van der Waals surface area contributed by atoms with Crippen LogP contribution in [0.5, 0.6) is 11.5 Å². The number of aryl methyl sites for hydroxylation is 1. The van der Waals surface area contributed by atoms with Gasteiger partial charge in [0.2, 0.25) is 0 Å². The summed E-state index contributed by atoms with van der Waals surface area (Å²) in [5.74, 6) is 1.55. The van der Waals surface area contributed by atoms with Crippen molar-refractivity contribution in [3.63, 3.8) is 0 Å². The molecule has 1 saturated heterocycles. The largest absolute Gasteiger partial charge is 0.493 e. The molecule has 3 aromatic rings. The van der Waals surface area contributed by atoms with Crippen molar-refractivity contribution in [2.45, 2.75) is 39.3 Å². The maximum Gasteiger partial charge on any atom is 0.273 e. The third-order valence-electron chi connectivity index (χ3n) is 6.21. The molecule has 4 rings (SSSR count). The Morgan fingerprint density at radius 1 is 1.00 bits per heavy atom. The van der Waals surface area contributed by atoms with Gasteiger partial charge in [-0.2, -0.15) is 0 Å². The number of benzene rings is 2. The van der Waals surface area contributed by atoms with Gasteiger partial charge < -0.3 is 14.4 Å². The van der Waals surface area contributed by atoms with E-state index >= 15 is 0 Å². The number of methoxy groups -OCH3 is 2. The van der Waals surface area contributed by atoms with Gasteiger partial charge in [-0.15, -0.1) is 11.3 Å². The van der Waals surface area contributed by atoms with Crippen LogP contribution in [0.3, 0.4) is 0 Å². The van der Waals surface area contributed by atoms with Gasteiger partial charge in [0, 0.05) is 31.6 Å². The van der Waals surface area contributed by atoms with Crippen LogP contribution in [0.4, 0.5) is 0 Å². The smallest absolute Gasteiger partial charge is 0.273 e. The van der Waals surface area contributed by atoms with Crippen LogP contribution in [0.25, 0.3) is 0 Å². The molecule has 0 unspecified atom stereocenters. The zero-order valence-electron chi connectivity index (χ0n) is 20.3. The van der Waals surface area contributed by atoms with E-state index < -0.39 is 0 Å². The van der Waals surface area contributed by atoms with E-state index in [4.69, 9.17) is 14.5 Å². The minimum Gasteiger partial charge on any atom is -0.493 e. The van der Waals surface area contributed by atoms with E-state index in [1.54, 1.807) is 25.6 Å². The number of carbonyl (C=O) groups excluding carboxylic acids is 1. The first-order valence-corrected chi connectivity index (χ1v) is 12.7. The van der Waals surface area contributed by atoms with E-state index in [0.717, 1.165) is 61.9 Å². The van der Waals surface area contributed by atoms with Crippen LogP contribution < -0.4 is 9.47 Å². The average molecular weight is 480 g/mol. The second kappa shape index (κ2) is 11.5. The number of hydrogen-bond donors (Lipinski definition) is 0. The van der Waals surface area contributed by atoms with E-state index in [1.165, 1.54) is 16.7 Å². The fourth-order valence-corrected chi connectivity index (χ4v) is 5.05. The molecule has 0 aliphatic carbocycles. The molecule has 1 aliphatic heterocycles. The first-order valence-electron chi connectivity index (χ1n) is 11.8. The summed E-state index contributed by atoms with van der Waals surface area (Å²) < 4.78 is 10.8. The van der Waals surface area contributed by atoms with E-state index in [9.17, 15) is 4.79 Å². The second-order valence-electron chi connectivity index (χ2n) is 8.76. The van der Waals surface area contributed by atoms with Crippen LogP contribution in [0.15, 0.2) is 47.8 Å². The molecule has 1 fully saturated rings. The number of likely N-dealkylation sites (tertiary alicyclic amines) is 1. The van der Waals surface area contributed by atoms with Gasteiger partial charge in [0.25, 0.3) is 5.91 Å². The number of aromatic nitrogens is 1. The van der Waals surface area contributed by atoms with Crippen LogP contribution in [0, 0.1) is 6.92 Å². The van der Waals surface area contributed by atoms with Crippen molar-refractivity contribution >= 4 is 17.2 Å². The summed E-state index contributed by atoms with van der Waals surface area (Å²) in [6, 6.07) is 14.7. The molecule has 1 amide bonds. The van der Waals surface area contributed by atoms with Crippen LogP contribution >= 0.6 is 11.3 Å². The Kier molecular flexibility index (Phi) is 8.19. The SMILES string of the molecule is COc1ccc(CCN(Cc2ccc(C)cc2)Cc2nc(C(=O)N3CCCC3)cs2)cc1OC. The molecule has 7 heteroatoms. The van der Waals surface area contributed by atoms with E-state index in [-0.39, 0.29) is 5.91 Å². The first kappa shape index (κ1) is 24.2. The molecule has 1 aliphatic rings. The monoisotopic (exact) mass is 479 g/mol. The minimum atomic E-state index is 0.0652. The van der Waals surface area contributed by atoms with Crippen molar-refractivity contribution in [3.8, 4) is 11.5 Å². The summed E-state index contributed by atoms with van der Waals surface area (Å²) in [7, 11) is 3.31.